The van der Waals surface area contributed by atoms with Crippen molar-refractivity contribution in [3.63, 3.8) is 0 Å². The molecule has 1 aliphatic heterocycles. The molecule has 1 aromatic rings. The van der Waals surface area contributed by atoms with Crippen LogP contribution in [0.3, 0.4) is 0 Å². The predicted octanol–water partition coefficient (Wildman–Crippen LogP) is 2.07. The molecule has 17 heavy (non-hydrogen) atoms. The van der Waals surface area contributed by atoms with Crippen LogP contribution in [0, 0.1) is 18.7 Å². The average molecular weight is 236 g/mol. The fourth-order valence-electron chi connectivity index (χ4n) is 2.05. The van der Waals surface area contributed by atoms with Crippen LogP contribution in [0.15, 0.2) is 18.2 Å². The summed E-state index contributed by atoms with van der Waals surface area (Å²) in [6.45, 7) is 3.35. The van der Waals surface area contributed by atoms with Gasteiger partial charge < -0.3 is 10.6 Å². The summed E-state index contributed by atoms with van der Waals surface area (Å²) < 4.78 is 13.3. The van der Waals surface area contributed by atoms with Crippen LogP contribution >= 0.6 is 0 Å². The average Bonchev–Trinajstić information content (AvgIpc) is 2.36. The second kappa shape index (κ2) is 5.27. The molecule has 1 saturated heterocycles. The third-order valence-corrected chi connectivity index (χ3v) is 3.19. The number of hydrogen-bond donors (Lipinski definition) is 2. The number of halogens is 1. The van der Waals surface area contributed by atoms with E-state index >= 15 is 0 Å². The fraction of sp³-hybridized carbons (Fsp3) is 0.462. The standard InChI is InChI=1S/C13H17FN2O/c1-9-11(14)5-2-6-12(9)16-13(17)10-4-3-7-15-8-10/h2,5-6,10,15H,3-4,7-8H2,1H3,(H,16,17). The highest BCUT2D eigenvalue weighted by atomic mass is 19.1. The van der Waals surface area contributed by atoms with E-state index in [1.807, 2.05) is 0 Å². The SMILES string of the molecule is Cc1c(F)cccc1NC(=O)C1CCCNC1. The Morgan fingerprint density at radius 2 is 2.35 bits per heavy atom. The molecule has 0 spiro atoms. The van der Waals surface area contributed by atoms with Crippen LogP contribution in [-0.2, 0) is 4.79 Å². The van der Waals surface area contributed by atoms with Crippen LogP contribution in [0.25, 0.3) is 0 Å². The molecule has 2 N–H and O–H groups in total. The van der Waals surface area contributed by atoms with Gasteiger partial charge in [-0.15, -0.1) is 0 Å². The van der Waals surface area contributed by atoms with Gasteiger partial charge in [0.1, 0.15) is 5.82 Å². The Kier molecular flexibility index (Phi) is 3.74. The maximum absolute atomic E-state index is 13.3. The summed E-state index contributed by atoms with van der Waals surface area (Å²) in [5.74, 6) is -0.318. The molecule has 0 radical (unpaired) electrons. The molecule has 4 heteroatoms. The van der Waals surface area contributed by atoms with Gasteiger partial charge in [-0.2, -0.15) is 0 Å². The van der Waals surface area contributed by atoms with E-state index in [0.29, 0.717) is 17.8 Å². The highest BCUT2D eigenvalue weighted by molar-refractivity contribution is 5.93. The van der Waals surface area contributed by atoms with E-state index in [1.54, 1.807) is 19.1 Å². The molecule has 1 aromatic carbocycles. The van der Waals surface area contributed by atoms with Crippen molar-refractivity contribution in [1.82, 2.24) is 5.32 Å². The monoisotopic (exact) mass is 236 g/mol. The van der Waals surface area contributed by atoms with Crippen LogP contribution in [-0.4, -0.2) is 19.0 Å². The van der Waals surface area contributed by atoms with Crippen molar-refractivity contribution in [3.05, 3.63) is 29.6 Å². The lowest BCUT2D eigenvalue weighted by Crippen LogP contribution is -2.37. The van der Waals surface area contributed by atoms with Crippen LogP contribution in [0.1, 0.15) is 18.4 Å². The molecule has 1 atom stereocenters. The second-order valence-corrected chi connectivity index (χ2v) is 4.44. The van der Waals surface area contributed by atoms with Crippen molar-refractivity contribution >= 4 is 11.6 Å². The molecular weight excluding hydrogens is 219 g/mol. The molecule has 1 unspecified atom stereocenters. The normalized spacial score (nSPS) is 20.0. The highest BCUT2D eigenvalue weighted by Gasteiger charge is 2.21. The first-order chi connectivity index (χ1) is 8.18. The van der Waals surface area contributed by atoms with Gasteiger partial charge in [0.05, 0.1) is 5.92 Å². The Bertz CT molecular complexity index is 414. The molecule has 0 aliphatic carbocycles. The van der Waals surface area contributed by atoms with Crippen molar-refractivity contribution < 1.29 is 9.18 Å². The first kappa shape index (κ1) is 12.0. The number of piperidine rings is 1. The maximum atomic E-state index is 13.3. The molecule has 3 nitrogen and oxygen atoms in total. The minimum atomic E-state index is -0.287. The number of carbonyl (C=O) groups is 1. The van der Waals surface area contributed by atoms with E-state index in [-0.39, 0.29) is 17.6 Å². The number of nitrogens with one attached hydrogen (secondary N) is 2. The summed E-state index contributed by atoms with van der Waals surface area (Å²) in [4.78, 5) is 12.0. The molecule has 0 aromatic heterocycles. The number of carbonyl (C=O) groups excluding carboxylic acids is 1. The fourth-order valence-corrected chi connectivity index (χ4v) is 2.05. The molecular formula is C13H17FN2O. The summed E-state index contributed by atoms with van der Waals surface area (Å²) in [7, 11) is 0. The zero-order valence-electron chi connectivity index (χ0n) is 9.92. The number of amides is 1. The van der Waals surface area contributed by atoms with Gasteiger partial charge in [-0.1, -0.05) is 6.07 Å². The Balaban J connectivity index is 2.04. The van der Waals surface area contributed by atoms with E-state index in [2.05, 4.69) is 10.6 Å². The zero-order valence-corrected chi connectivity index (χ0v) is 9.92. The van der Waals surface area contributed by atoms with E-state index in [1.165, 1.54) is 6.07 Å². The minimum Gasteiger partial charge on any atom is -0.325 e. The lowest BCUT2D eigenvalue weighted by Gasteiger charge is -2.22. The van der Waals surface area contributed by atoms with Crippen molar-refractivity contribution in [2.75, 3.05) is 18.4 Å². The Labute approximate surface area is 100 Å². The van der Waals surface area contributed by atoms with E-state index in [9.17, 15) is 9.18 Å². The number of hydrogen-bond acceptors (Lipinski definition) is 2. The van der Waals surface area contributed by atoms with Crippen molar-refractivity contribution in [1.29, 1.82) is 0 Å². The van der Waals surface area contributed by atoms with Gasteiger partial charge in [0.2, 0.25) is 5.91 Å². The van der Waals surface area contributed by atoms with Crippen molar-refractivity contribution in [2.24, 2.45) is 5.92 Å². The van der Waals surface area contributed by atoms with Gasteiger partial charge >= 0.3 is 0 Å². The summed E-state index contributed by atoms with van der Waals surface area (Å²) in [5.41, 5.74) is 1.06. The Morgan fingerprint density at radius 1 is 1.53 bits per heavy atom. The van der Waals surface area contributed by atoms with Gasteiger partial charge in [-0.05, 0) is 38.4 Å². The zero-order chi connectivity index (χ0) is 12.3. The molecule has 0 bridgehead atoms. The van der Waals surface area contributed by atoms with E-state index < -0.39 is 0 Å². The third kappa shape index (κ3) is 2.82. The first-order valence-corrected chi connectivity index (χ1v) is 5.95. The van der Waals surface area contributed by atoms with Gasteiger partial charge in [-0.3, -0.25) is 4.79 Å². The molecule has 2 rings (SSSR count). The smallest absolute Gasteiger partial charge is 0.228 e. The largest absolute Gasteiger partial charge is 0.325 e. The molecule has 1 heterocycles. The van der Waals surface area contributed by atoms with E-state index in [0.717, 1.165) is 19.4 Å². The topological polar surface area (TPSA) is 41.1 Å². The molecule has 0 saturated carbocycles. The summed E-state index contributed by atoms with van der Waals surface area (Å²) in [6, 6.07) is 4.73. The molecule has 1 fully saturated rings. The quantitative estimate of drug-likeness (QED) is 0.825. The van der Waals surface area contributed by atoms with Crippen LogP contribution in [0.4, 0.5) is 10.1 Å². The van der Waals surface area contributed by atoms with Gasteiger partial charge in [0.15, 0.2) is 0 Å². The van der Waals surface area contributed by atoms with Gasteiger partial charge in [0.25, 0.3) is 0 Å². The number of anilines is 1. The van der Waals surface area contributed by atoms with Crippen LogP contribution in [0.2, 0.25) is 0 Å². The Morgan fingerprint density at radius 3 is 3.06 bits per heavy atom. The first-order valence-electron chi connectivity index (χ1n) is 5.95. The van der Waals surface area contributed by atoms with Crippen molar-refractivity contribution in [2.45, 2.75) is 19.8 Å². The predicted molar refractivity (Wildman–Crippen MR) is 65.4 cm³/mol. The third-order valence-electron chi connectivity index (χ3n) is 3.19. The summed E-state index contributed by atoms with van der Waals surface area (Å²) >= 11 is 0. The van der Waals surface area contributed by atoms with Crippen LogP contribution < -0.4 is 10.6 Å². The highest BCUT2D eigenvalue weighted by Crippen LogP contribution is 2.19. The lowest BCUT2D eigenvalue weighted by molar-refractivity contribution is -0.120. The van der Waals surface area contributed by atoms with Crippen LogP contribution in [0.5, 0.6) is 0 Å². The minimum absolute atomic E-state index is 0.00795. The van der Waals surface area contributed by atoms with Crippen molar-refractivity contribution in [3.8, 4) is 0 Å². The number of rotatable bonds is 2. The summed E-state index contributed by atoms with van der Waals surface area (Å²) in [6.07, 6.45) is 1.91. The summed E-state index contributed by atoms with van der Waals surface area (Å²) in [5, 5.41) is 5.99. The van der Waals surface area contributed by atoms with Gasteiger partial charge in [0, 0.05) is 17.8 Å². The lowest BCUT2D eigenvalue weighted by atomic mass is 9.98. The van der Waals surface area contributed by atoms with E-state index in [4.69, 9.17) is 0 Å². The molecule has 1 amide bonds. The van der Waals surface area contributed by atoms with Gasteiger partial charge in [-0.25, -0.2) is 4.39 Å². The molecule has 92 valence electrons. The Hall–Kier alpha value is -1.42. The molecule has 1 aliphatic rings. The number of benzene rings is 1. The second-order valence-electron chi connectivity index (χ2n) is 4.44. The maximum Gasteiger partial charge on any atom is 0.228 e.